The van der Waals surface area contributed by atoms with E-state index in [1.807, 2.05) is 6.07 Å². The zero-order valence-electron chi connectivity index (χ0n) is 8.07. The van der Waals surface area contributed by atoms with Crippen molar-refractivity contribution in [3.05, 3.63) is 30.1 Å². The number of nitrogens with zero attached hydrogens (tertiary/aromatic N) is 1. The Morgan fingerprint density at radius 1 is 1.57 bits per heavy atom. The number of hydrogen-bond acceptors (Lipinski definition) is 3. The lowest BCUT2D eigenvalue weighted by Crippen LogP contribution is -2.44. The van der Waals surface area contributed by atoms with Crippen molar-refractivity contribution in [3.8, 4) is 0 Å². The summed E-state index contributed by atoms with van der Waals surface area (Å²) in [4.78, 5) is 16.0. The summed E-state index contributed by atoms with van der Waals surface area (Å²) in [6, 6.07) is 3.60. The molecule has 3 nitrogen and oxygen atoms in total. The van der Waals surface area contributed by atoms with E-state index < -0.39 is 0 Å². The molecule has 1 fully saturated rings. The Labute approximate surface area is 83.3 Å². The van der Waals surface area contributed by atoms with Gasteiger partial charge < -0.3 is 5.73 Å². The molecule has 0 unspecified atom stereocenters. The van der Waals surface area contributed by atoms with Gasteiger partial charge in [0.25, 0.3) is 0 Å². The molecule has 1 saturated carbocycles. The standard InChI is InChI=1S/C11H14N2O/c12-8-11(4-2-5-11)10(14)9-3-1-6-13-7-9/h1,3,6-7H,2,4-5,8,12H2. The number of nitrogens with two attached hydrogens (primary N) is 1. The second kappa shape index (κ2) is 3.50. The minimum atomic E-state index is -0.275. The first-order valence-electron chi connectivity index (χ1n) is 4.93. The summed E-state index contributed by atoms with van der Waals surface area (Å²) in [5, 5.41) is 0. The Bertz CT molecular complexity index is 325. The summed E-state index contributed by atoms with van der Waals surface area (Å²) >= 11 is 0. The summed E-state index contributed by atoms with van der Waals surface area (Å²) in [5.41, 5.74) is 6.08. The fourth-order valence-corrected chi connectivity index (χ4v) is 1.93. The van der Waals surface area contributed by atoms with Crippen LogP contribution in [0.3, 0.4) is 0 Å². The molecule has 0 aromatic carbocycles. The van der Waals surface area contributed by atoms with Crippen LogP contribution in [0.25, 0.3) is 0 Å². The van der Waals surface area contributed by atoms with Gasteiger partial charge in [-0.2, -0.15) is 0 Å². The lowest BCUT2D eigenvalue weighted by atomic mass is 9.65. The molecular weight excluding hydrogens is 176 g/mol. The van der Waals surface area contributed by atoms with Gasteiger partial charge >= 0.3 is 0 Å². The van der Waals surface area contributed by atoms with Crippen LogP contribution in [0.15, 0.2) is 24.5 Å². The number of rotatable bonds is 3. The third kappa shape index (κ3) is 1.34. The summed E-state index contributed by atoms with van der Waals surface area (Å²) in [5.74, 6) is 0.166. The third-order valence-corrected chi connectivity index (χ3v) is 3.11. The topological polar surface area (TPSA) is 56.0 Å². The smallest absolute Gasteiger partial charge is 0.171 e. The van der Waals surface area contributed by atoms with E-state index in [9.17, 15) is 4.79 Å². The third-order valence-electron chi connectivity index (χ3n) is 3.11. The van der Waals surface area contributed by atoms with E-state index in [0.29, 0.717) is 12.1 Å². The van der Waals surface area contributed by atoms with Gasteiger partial charge in [0.1, 0.15) is 0 Å². The molecule has 74 valence electrons. The Kier molecular flexibility index (Phi) is 2.33. The van der Waals surface area contributed by atoms with Crippen molar-refractivity contribution in [2.75, 3.05) is 6.54 Å². The van der Waals surface area contributed by atoms with Crippen LogP contribution in [0.4, 0.5) is 0 Å². The van der Waals surface area contributed by atoms with E-state index in [1.165, 1.54) is 0 Å². The molecule has 3 heteroatoms. The average molecular weight is 190 g/mol. The van der Waals surface area contributed by atoms with Gasteiger partial charge in [-0.25, -0.2) is 0 Å². The van der Waals surface area contributed by atoms with Gasteiger partial charge in [-0.1, -0.05) is 6.42 Å². The summed E-state index contributed by atoms with van der Waals surface area (Å²) in [6.45, 7) is 0.459. The minimum absolute atomic E-state index is 0.166. The number of hydrogen-bond donors (Lipinski definition) is 1. The van der Waals surface area contributed by atoms with Crippen LogP contribution in [-0.2, 0) is 0 Å². The molecule has 1 heterocycles. The van der Waals surface area contributed by atoms with Crippen LogP contribution < -0.4 is 5.73 Å². The Morgan fingerprint density at radius 3 is 2.79 bits per heavy atom. The number of ketones is 1. The lowest BCUT2D eigenvalue weighted by molar-refractivity contribution is 0.0635. The zero-order chi connectivity index (χ0) is 10.0. The highest BCUT2D eigenvalue weighted by Gasteiger charge is 2.42. The van der Waals surface area contributed by atoms with Crippen molar-refractivity contribution in [1.82, 2.24) is 4.98 Å². The van der Waals surface area contributed by atoms with Crippen molar-refractivity contribution in [3.63, 3.8) is 0 Å². The van der Waals surface area contributed by atoms with Crippen LogP contribution >= 0.6 is 0 Å². The first-order chi connectivity index (χ1) is 6.78. The lowest BCUT2D eigenvalue weighted by Gasteiger charge is -2.39. The molecule has 0 saturated heterocycles. The highest BCUT2D eigenvalue weighted by atomic mass is 16.1. The van der Waals surface area contributed by atoms with Crippen molar-refractivity contribution >= 4 is 5.78 Å². The molecule has 2 rings (SSSR count). The molecule has 0 bridgehead atoms. The molecule has 0 radical (unpaired) electrons. The maximum Gasteiger partial charge on any atom is 0.171 e. The van der Waals surface area contributed by atoms with Crippen LogP contribution in [0, 0.1) is 5.41 Å². The largest absolute Gasteiger partial charge is 0.329 e. The summed E-state index contributed by atoms with van der Waals surface area (Å²) in [6.07, 6.45) is 6.27. The molecule has 2 N–H and O–H groups in total. The first-order valence-corrected chi connectivity index (χ1v) is 4.93. The number of carbonyl (C=O) groups excluding carboxylic acids is 1. The van der Waals surface area contributed by atoms with Crippen LogP contribution in [0.1, 0.15) is 29.6 Å². The van der Waals surface area contributed by atoms with E-state index >= 15 is 0 Å². The van der Waals surface area contributed by atoms with Crippen LogP contribution in [0.5, 0.6) is 0 Å². The minimum Gasteiger partial charge on any atom is -0.329 e. The molecule has 14 heavy (non-hydrogen) atoms. The second-order valence-corrected chi connectivity index (χ2v) is 3.91. The van der Waals surface area contributed by atoms with Gasteiger partial charge in [0, 0.05) is 29.9 Å². The molecule has 0 aliphatic heterocycles. The molecule has 1 aromatic rings. The Balaban J connectivity index is 2.23. The maximum atomic E-state index is 12.1. The number of aromatic nitrogens is 1. The molecule has 0 amide bonds. The summed E-state index contributed by atoms with van der Waals surface area (Å²) in [7, 11) is 0. The average Bonchev–Trinajstić information content (AvgIpc) is 2.18. The Morgan fingerprint density at radius 2 is 2.36 bits per heavy atom. The number of carbonyl (C=O) groups is 1. The second-order valence-electron chi connectivity index (χ2n) is 3.91. The van der Waals surface area contributed by atoms with Crippen LogP contribution in [-0.4, -0.2) is 17.3 Å². The quantitative estimate of drug-likeness (QED) is 0.733. The van der Waals surface area contributed by atoms with Gasteiger partial charge in [0.15, 0.2) is 5.78 Å². The highest BCUT2D eigenvalue weighted by molar-refractivity contribution is 6.01. The molecule has 1 aliphatic carbocycles. The van der Waals surface area contributed by atoms with E-state index in [4.69, 9.17) is 5.73 Å². The zero-order valence-corrected chi connectivity index (χ0v) is 8.07. The molecule has 1 aliphatic rings. The predicted octanol–water partition coefficient (Wildman–Crippen LogP) is 1.39. The van der Waals surface area contributed by atoms with E-state index in [-0.39, 0.29) is 11.2 Å². The highest BCUT2D eigenvalue weighted by Crippen LogP contribution is 2.42. The predicted molar refractivity (Wildman–Crippen MR) is 53.9 cm³/mol. The maximum absolute atomic E-state index is 12.1. The summed E-state index contributed by atoms with van der Waals surface area (Å²) < 4.78 is 0. The fourth-order valence-electron chi connectivity index (χ4n) is 1.93. The van der Waals surface area contributed by atoms with E-state index in [0.717, 1.165) is 19.3 Å². The molecule has 0 spiro atoms. The van der Waals surface area contributed by atoms with Crippen molar-refractivity contribution in [2.45, 2.75) is 19.3 Å². The Hall–Kier alpha value is -1.22. The number of Topliss-reactive ketones (excluding diaryl/α,β-unsaturated/α-hetero) is 1. The van der Waals surface area contributed by atoms with Crippen molar-refractivity contribution in [2.24, 2.45) is 11.1 Å². The van der Waals surface area contributed by atoms with Crippen molar-refractivity contribution in [1.29, 1.82) is 0 Å². The molecule has 1 aromatic heterocycles. The van der Waals surface area contributed by atoms with Gasteiger partial charge in [-0.3, -0.25) is 9.78 Å². The number of pyridine rings is 1. The van der Waals surface area contributed by atoms with Gasteiger partial charge in [-0.05, 0) is 25.0 Å². The van der Waals surface area contributed by atoms with Crippen molar-refractivity contribution < 1.29 is 4.79 Å². The van der Waals surface area contributed by atoms with E-state index in [1.54, 1.807) is 18.5 Å². The SMILES string of the molecule is NCC1(C(=O)c2cccnc2)CCC1. The van der Waals surface area contributed by atoms with Gasteiger partial charge in [0.2, 0.25) is 0 Å². The monoisotopic (exact) mass is 190 g/mol. The fraction of sp³-hybridized carbons (Fsp3) is 0.455. The molecular formula is C11H14N2O. The van der Waals surface area contributed by atoms with Gasteiger partial charge in [0.05, 0.1) is 0 Å². The van der Waals surface area contributed by atoms with Crippen LogP contribution in [0.2, 0.25) is 0 Å². The first kappa shape index (κ1) is 9.34. The molecule has 0 atom stereocenters. The van der Waals surface area contributed by atoms with E-state index in [2.05, 4.69) is 4.98 Å². The normalized spacial score (nSPS) is 18.6. The van der Waals surface area contributed by atoms with Gasteiger partial charge in [-0.15, -0.1) is 0 Å².